The molecule has 0 spiro atoms. The van der Waals surface area contributed by atoms with Gasteiger partial charge in [0, 0.05) is 18.3 Å². The minimum absolute atomic E-state index is 0.131. The summed E-state index contributed by atoms with van der Waals surface area (Å²) in [6.07, 6.45) is 6.21. The van der Waals surface area contributed by atoms with Crippen LogP contribution in [-0.4, -0.2) is 23.4 Å². The number of likely N-dealkylation sites (tertiary alicyclic amines) is 1. The minimum atomic E-state index is 0.131. The summed E-state index contributed by atoms with van der Waals surface area (Å²) in [6.45, 7) is 2.90. The third-order valence-electron chi connectivity index (χ3n) is 4.71. The van der Waals surface area contributed by atoms with Crippen molar-refractivity contribution in [3.63, 3.8) is 0 Å². The van der Waals surface area contributed by atoms with Gasteiger partial charge in [0.1, 0.15) is 0 Å². The minimum Gasteiger partial charge on any atom is -0.398 e. The van der Waals surface area contributed by atoms with E-state index in [9.17, 15) is 4.79 Å². The van der Waals surface area contributed by atoms with Gasteiger partial charge in [-0.15, -0.1) is 0 Å². The number of anilines is 1. The highest BCUT2D eigenvalue weighted by Gasteiger charge is 2.38. The summed E-state index contributed by atoms with van der Waals surface area (Å²) in [7, 11) is 0. The summed E-state index contributed by atoms with van der Waals surface area (Å²) in [5.41, 5.74) is 8.41. The normalized spacial score (nSPS) is 26.3. The van der Waals surface area contributed by atoms with E-state index in [1.54, 1.807) is 0 Å². The van der Waals surface area contributed by atoms with E-state index >= 15 is 0 Å². The van der Waals surface area contributed by atoms with Crippen molar-refractivity contribution in [2.75, 3.05) is 12.3 Å². The quantitative estimate of drug-likeness (QED) is 0.787. The topological polar surface area (TPSA) is 46.3 Å². The van der Waals surface area contributed by atoms with Gasteiger partial charge in [-0.25, -0.2) is 0 Å². The van der Waals surface area contributed by atoms with Crippen LogP contribution in [0, 0.1) is 12.8 Å². The monoisotopic (exact) mass is 258 g/mol. The Morgan fingerprint density at radius 2 is 2.05 bits per heavy atom. The number of nitrogens with two attached hydrogens (primary N) is 1. The van der Waals surface area contributed by atoms with Gasteiger partial charge < -0.3 is 10.6 Å². The number of carbonyl (C=O) groups excluding carboxylic acids is 1. The van der Waals surface area contributed by atoms with E-state index in [0.29, 0.717) is 17.3 Å². The van der Waals surface area contributed by atoms with Gasteiger partial charge in [0.15, 0.2) is 0 Å². The number of nitrogen functional groups attached to an aromatic ring is 1. The lowest BCUT2D eigenvalue weighted by atomic mass is 9.85. The van der Waals surface area contributed by atoms with Crippen LogP contribution in [0.3, 0.4) is 0 Å². The molecule has 1 saturated carbocycles. The molecular formula is C16H22N2O. The van der Waals surface area contributed by atoms with Crippen LogP contribution in [0.5, 0.6) is 0 Å². The Balaban J connectivity index is 1.83. The molecule has 1 amide bonds. The summed E-state index contributed by atoms with van der Waals surface area (Å²) in [5, 5.41) is 0. The van der Waals surface area contributed by atoms with Crippen molar-refractivity contribution in [3.05, 3.63) is 29.3 Å². The molecule has 2 atom stereocenters. The van der Waals surface area contributed by atoms with Crippen LogP contribution in [0.4, 0.5) is 5.69 Å². The maximum Gasteiger partial charge on any atom is 0.256 e. The summed E-state index contributed by atoms with van der Waals surface area (Å²) in [4.78, 5) is 14.8. The van der Waals surface area contributed by atoms with Crippen molar-refractivity contribution in [2.45, 2.75) is 45.1 Å². The maximum absolute atomic E-state index is 12.7. The van der Waals surface area contributed by atoms with Crippen LogP contribution in [-0.2, 0) is 0 Å². The average Bonchev–Trinajstić information content (AvgIpc) is 2.82. The molecular weight excluding hydrogens is 236 g/mol. The maximum atomic E-state index is 12.7. The molecule has 1 heterocycles. The van der Waals surface area contributed by atoms with Crippen LogP contribution in [0.2, 0.25) is 0 Å². The lowest BCUT2D eigenvalue weighted by Gasteiger charge is -2.32. The van der Waals surface area contributed by atoms with Crippen LogP contribution < -0.4 is 5.73 Å². The molecule has 2 fully saturated rings. The lowest BCUT2D eigenvalue weighted by molar-refractivity contribution is 0.0691. The molecule has 0 radical (unpaired) electrons. The van der Waals surface area contributed by atoms with Gasteiger partial charge in [0.25, 0.3) is 5.91 Å². The van der Waals surface area contributed by atoms with Gasteiger partial charge in [-0.05, 0) is 49.8 Å². The van der Waals surface area contributed by atoms with Crippen molar-refractivity contribution in [1.82, 2.24) is 4.90 Å². The summed E-state index contributed by atoms with van der Waals surface area (Å²) in [5.74, 6) is 0.858. The highest BCUT2D eigenvalue weighted by atomic mass is 16.2. The number of amides is 1. The Morgan fingerprint density at radius 3 is 2.84 bits per heavy atom. The van der Waals surface area contributed by atoms with Crippen molar-refractivity contribution in [2.24, 2.45) is 5.92 Å². The third-order valence-corrected chi connectivity index (χ3v) is 4.71. The molecule has 2 N–H and O–H groups in total. The Hall–Kier alpha value is -1.51. The van der Waals surface area contributed by atoms with Gasteiger partial charge in [0.05, 0.1) is 5.56 Å². The molecule has 2 aliphatic rings. The first-order valence-corrected chi connectivity index (χ1v) is 7.34. The zero-order valence-corrected chi connectivity index (χ0v) is 11.6. The number of hydrogen-bond donors (Lipinski definition) is 1. The molecule has 3 nitrogen and oxygen atoms in total. The standard InChI is InChI=1S/C16H22N2O/c1-11-6-7-13(14(17)10-11)16(19)18-9-8-12-4-2-3-5-15(12)18/h6-7,10,12,15H,2-5,8-9,17H2,1H3. The molecule has 3 heteroatoms. The molecule has 1 saturated heterocycles. The first kappa shape index (κ1) is 12.5. The Labute approximate surface area is 114 Å². The Kier molecular flexibility index (Phi) is 3.21. The zero-order chi connectivity index (χ0) is 13.4. The number of aryl methyl sites for hydroxylation is 1. The zero-order valence-electron chi connectivity index (χ0n) is 11.6. The van der Waals surface area contributed by atoms with Crippen LogP contribution in [0.25, 0.3) is 0 Å². The molecule has 1 aliphatic heterocycles. The fraction of sp³-hybridized carbons (Fsp3) is 0.562. The molecule has 0 bridgehead atoms. The molecule has 1 aliphatic carbocycles. The van der Waals surface area contributed by atoms with E-state index in [0.717, 1.165) is 18.0 Å². The largest absolute Gasteiger partial charge is 0.398 e. The highest BCUT2D eigenvalue weighted by molar-refractivity contribution is 5.99. The summed E-state index contributed by atoms with van der Waals surface area (Å²) in [6, 6.07) is 6.20. The number of carbonyl (C=O) groups is 1. The molecule has 1 aromatic carbocycles. The van der Waals surface area contributed by atoms with Gasteiger partial charge in [-0.3, -0.25) is 4.79 Å². The first-order valence-electron chi connectivity index (χ1n) is 7.34. The lowest BCUT2D eigenvalue weighted by Crippen LogP contribution is -2.39. The SMILES string of the molecule is Cc1ccc(C(=O)N2CCC3CCCCC32)c(N)c1. The van der Waals surface area contributed by atoms with Crippen molar-refractivity contribution in [1.29, 1.82) is 0 Å². The van der Waals surface area contributed by atoms with E-state index < -0.39 is 0 Å². The number of fused-ring (bicyclic) bond motifs is 1. The average molecular weight is 258 g/mol. The second kappa shape index (κ2) is 4.87. The smallest absolute Gasteiger partial charge is 0.256 e. The van der Waals surface area contributed by atoms with Gasteiger partial charge in [0.2, 0.25) is 0 Å². The number of rotatable bonds is 1. The molecule has 19 heavy (non-hydrogen) atoms. The number of hydrogen-bond acceptors (Lipinski definition) is 2. The Bertz CT molecular complexity index is 498. The van der Waals surface area contributed by atoms with E-state index in [1.807, 2.05) is 25.1 Å². The molecule has 3 rings (SSSR count). The highest BCUT2D eigenvalue weighted by Crippen LogP contribution is 2.37. The van der Waals surface area contributed by atoms with Crippen LogP contribution in [0.15, 0.2) is 18.2 Å². The van der Waals surface area contributed by atoms with Gasteiger partial charge >= 0.3 is 0 Å². The fourth-order valence-electron chi connectivity index (χ4n) is 3.69. The van der Waals surface area contributed by atoms with Gasteiger partial charge in [-0.1, -0.05) is 18.9 Å². The first-order chi connectivity index (χ1) is 9.16. The second-order valence-corrected chi connectivity index (χ2v) is 5.99. The van der Waals surface area contributed by atoms with E-state index in [4.69, 9.17) is 5.73 Å². The molecule has 1 aromatic rings. The predicted molar refractivity (Wildman–Crippen MR) is 77.0 cm³/mol. The van der Waals surface area contributed by atoms with Crippen molar-refractivity contribution >= 4 is 11.6 Å². The van der Waals surface area contributed by atoms with Crippen molar-refractivity contribution in [3.8, 4) is 0 Å². The Morgan fingerprint density at radius 1 is 1.26 bits per heavy atom. The van der Waals surface area contributed by atoms with Crippen LogP contribution >= 0.6 is 0 Å². The van der Waals surface area contributed by atoms with E-state index in [2.05, 4.69) is 4.90 Å². The third kappa shape index (κ3) is 2.22. The van der Waals surface area contributed by atoms with E-state index in [1.165, 1.54) is 32.1 Å². The van der Waals surface area contributed by atoms with Gasteiger partial charge in [-0.2, -0.15) is 0 Å². The molecule has 2 unspecified atom stereocenters. The van der Waals surface area contributed by atoms with Crippen LogP contribution in [0.1, 0.15) is 48.0 Å². The number of nitrogens with zero attached hydrogens (tertiary/aromatic N) is 1. The fourth-order valence-corrected chi connectivity index (χ4v) is 3.69. The molecule has 102 valence electrons. The second-order valence-electron chi connectivity index (χ2n) is 5.99. The number of benzene rings is 1. The van der Waals surface area contributed by atoms with Crippen molar-refractivity contribution < 1.29 is 4.79 Å². The van der Waals surface area contributed by atoms with E-state index in [-0.39, 0.29) is 5.91 Å². The molecule has 0 aromatic heterocycles. The summed E-state index contributed by atoms with van der Waals surface area (Å²) >= 11 is 0. The predicted octanol–water partition coefficient (Wildman–Crippen LogP) is 2.98. The summed E-state index contributed by atoms with van der Waals surface area (Å²) < 4.78 is 0.